The summed E-state index contributed by atoms with van der Waals surface area (Å²) in [5.41, 5.74) is 0.141. The molecule has 0 saturated carbocycles. The fourth-order valence-electron chi connectivity index (χ4n) is 1.47. The number of ether oxygens (including phenoxy) is 1. The van der Waals surface area contributed by atoms with Crippen LogP contribution >= 0.6 is 24.4 Å². The van der Waals surface area contributed by atoms with Crippen LogP contribution in [0, 0.1) is 5.41 Å². The standard InChI is InChI=1S/C12H23NO2S2/c1-12(2,9-16)10-17-11(14)3-4-13-5-7-15-8-6-13/h16H,3-10H2,1-2H3. The predicted molar refractivity (Wildman–Crippen MR) is 77.0 cm³/mol. The lowest BCUT2D eigenvalue weighted by Gasteiger charge is -2.26. The average Bonchev–Trinajstić information content (AvgIpc) is 2.35. The summed E-state index contributed by atoms with van der Waals surface area (Å²) >= 11 is 5.74. The van der Waals surface area contributed by atoms with Gasteiger partial charge in [0.25, 0.3) is 0 Å². The third-order valence-corrected chi connectivity index (χ3v) is 5.10. The summed E-state index contributed by atoms with van der Waals surface area (Å²) in [4.78, 5) is 14.0. The van der Waals surface area contributed by atoms with E-state index in [2.05, 4.69) is 31.4 Å². The Balaban J connectivity index is 2.12. The molecule has 0 aromatic carbocycles. The molecule has 0 N–H and O–H groups in total. The van der Waals surface area contributed by atoms with Gasteiger partial charge in [-0.25, -0.2) is 0 Å². The summed E-state index contributed by atoms with van der Waals surface area (Å²) < 4.78 is 5.27. The van der Waals surface area contributed by atoms with Crippen LogP contribution in [0.3, 0.4) is 0 Å². The van der Waals surface area contributed by atoms with E-state index in [4.69, 9.17) is 4.74 Å². The largest absolute Gasteiger partial charge is 0.379 e. The van der Waals surface area contributed by atoms with Gasteiger partial charge in [0.2, 0.25) is 0 Å². The molecule has 1 heterocycles. The number of carbonyl (C=O) groups excluding carboxylic acids is 1. The molecular formula is C12H23NO2S2. The molecule has 1 aliphatic rings. The van der Waals surface area contributed by atoms with Gasteiger partial charge >= 0.3 is 0 Å². The molecule has 0 atom stereocenters. The number of nitrogens with zero attached hydrogens (tertiary/aromatic N) is 1. The quantitative estimate of drug-likeness (QED) is 0.751. The SMILES string of the molecule is CC(C)(CS)CSC(=O)CCN1CCOCC1. The van der Waals surface area contributed by atoms with Crippen molar-refractivity contribution in [1.82, 2.24) is 4.90 Å². The van der Waals surface area contributed by atoms with Crippen LogP contribution in [0.5, 0.6) is 0 Å². The van der Waals surface area contributed by atoms with Crippen molar-refractivity contribution in [2.24, 2.45) is 5.41 Å². The van der Waals surface area contributed by atoms with E-state index in [-0.39, 0.29) is 5.41 Å². The zero-order valence-corrected chi connectivity index (χ0v) is 12.5. The molecule has 1 saturated heterocycles. The van der Waals surface area contributed by atoms with Crippen LogP contribution in [0.15, 0.2) is 0 Å². The van der Waals surface area contributed by atoms with Gasteiger partial charge < -0.3 is 4.74 Å². The van der Waals surface area contributed by atoms with Crippen LogP contribution in [0.25, 0.3) is 0 Å². The van der Waals surface area contributed by atoms with Gasteiger partial charge in [0, 0.05) is 31.8 Å². The van der Waals surface area contributed by atoms with Crippen molar-refractivity contribution < 1.29 is 9.53 Å². The fraction of sp³-hybridized carbons (Fsp3) is 0.917. The minimum atomic E-state index is 0.141. The van der Waals surface area contributed by atoms with Gasteiger partial charge in [-0.2, -0.15) is 12.6 Å². The van der Waals surface area contributed by atoms with Crippen LogP contribution < -0.4 is 0 Å². The molecule has 0 unspecified atom stereocenters. The fourth-order valence-corrected chi connectivity index (χ4v) is 2.62. The second-order valence-electron chi connectivity index (χ2n) is 5.19. The second-order valence-corrected chi connectivity index (χ2v) is 6.54. The lowest BCUT2D eigenvalue weighted by molar-refractivity contribution is -0.111. The van der Waals surface area contributed by atoms with Gasteiger partial charge in [-0.3, -0.25) is 9.69 Å². The average molecular weight is 277 g/mol. The molecule has 0 aromatic rings. The Kier molecular flexibility index (Phi) is 6.92. The predicted octanol–water partition coefficient (Wildman–Crippen LogP) is 1.92. The van der Waals surface area contributed by atoms with E-state index in [9.17, 15) is 4.79 Å². The van der Waals surface area contributed by atoms with E-state index in [0.29, 0.717) is 11.5 Å². The molecule has 1 fully saturated rings. The number of morpholine rings is 1. The molecule has 0 bridgehead atoms. The third-order valence-electron chi connectivity index (χ3n) is 2.79. The second kappa shape index (κ2) is 7.67. The summed E-state index contributed by atoms with van der Waals surface area (Å²) in [6, 6.07) is 0. The third kappa shape index (κ3) is 6.70. The summed E-state index contributed by atoms with van der Waals surface area (Å²) in [6.07, 6.45) is 0.646. The van der Waals surface area contributed by atoms with Gasteiger partial charge in [0.05, 0.1) is 13.2 Å². The Morgan fingerprint density at radius 2 is 2.06 bits per heavy atom. The molecular weight excluding hydrogens is 254 g/mol. The van der Waals surface area contributed by atoms with Gasteiger partial charge in [-0.1, -0.05) is 25.6 Å². The molecule has 1 rings (SSSR count). The molecule has 1 aliphatic heterocycles. The maximum atomic E-state index is 11.7. The Morgan fingerprint density at radius 1 is 1.41 bits per heavy atom. The maximum Gasteiger partial charge on any atom is 0.190 e. The Labute approximate surface area is 114 Å². The lowest BCUT2D eigenvalue weighted by atomic mass is 10.0. The van der Waals surface area contributed by atoms with E-state index in [1.165, 1.54) is 11.8 Å². The Bertz CT molecular complexity index is 241. The first-order valence-corrected chi connectivity index (χ1v) is 7.72. The van der Waals surface area contributed by atoms with Crippen LogP contribution in [-0.4, -0.2) is 54.4 Å². The zero-order valence-electron chi connectivity index (χ0n) is 10.8. The van der Waals surface area contributed by atoms with Crippen molar-refractivity contribution in [3.05, 3.63) is 0 Å². The Morgan fingerprint density at radius 3 is 2.65 bits per heavy atom. The van der Waals surface area contributed by atoms with E-state index in [0.717, 1.165) is 44.4 Å². The first kappa shape index (κ1) is 15.3. The van der Waals surface area contributed by atoms with Crippen molar-refractivity contribution in [2.45, 2.75) is 20.3 Å². The number of thiol groups is 1. The maximum absolute atomic E-state index is 11.7. The Hall–Kier alpha value is 0.290. The molecule has 100 valence electrons. The van der Waals surface area contributed by atoms with Crippen LogP contribution in [-0.2, 0) is 9.53 Å². The first-order valence-electron chi connectivity index (χ1n) is 6.10. The minimum Gasteiger partial charge on any atom is -0.379 e. The number of carbonyl (C=O) groups is 1. The van der Waals surface area contributed by atoms with Crippen LogP contribution in [0.4, 0.5) is 0 Å². The summed E-state index contributed by atoms with van der Waals surface area (Å²) in [5, 5.41) is 0.298. The van der Waals surface area contributed by atoms with E-state index in [1.54, 1.807) is 0 Å². The first-order chi connectivity index (χ1) is 8.03. The van der Waals surface area contributed by atoms with Crippen LogP contribution in [0.1, 0.15) is 20.3 Å². The van der Waals surface area contributed by atoms with Crippen molar-refractivity contribution in [1.29, 1.82) is 0 Å². The highest BCUT2D eigenvalue weighted by Gasteiger charge is 2.18. The van der Waals surface area contributed by atoms with Crippen molar-refractivity contribution >= 4 is 29.5 Å². The molecule has 0 radical (unpaired) electrons. The molecule has 0 amide bonds. The smallest absolute Gasteiger partial charge is 0.190 e. The summed E-state index contributed by atoms with van der Waals surface area (Å²) in [6.45, 7) is 8.67. The summed E-state index contributed by atoms with van der Waals surface area (Å²) in [5.74, 6) is 1.68. The molecule has 5 heteroatoms. The molecule has 17 heavy (non-hydrogen) atoms. The van der Waals surface area contributed by atoms with Crippen LogP contribution in [0.2, 0.25) is 0 Å². The number of hydrogen-bond donors (Lipinski definition) is 1. The lowest BCUT2D eigenvalue weighted by Crippen LogP contribution is -2.37. The molecule has 0 spiro atoms. The monoisotopic (exact) mass is 277 g/mol. The zero-order chi connectivity index (χ0) is 12.7. The highest BCUT2D eigenvalue weighted by atomic mass is 32.2. The van der Waals surface area contributed by atoms with Crippen molar-refractivity contribution in [3.63, 3.8) is 0 Å². The molecule has 0 aliphatic carbocycles. The number of thioether (sulfide) groups is 1. The highest BCUT2D eigenvalue weighted by Crippen LogP contribution is 2.24. The molecule has 3 nitrogen and oxygen atoms in total. The molecule has 0 aromatic heterocycles. The van der Waals surface area contributed by atoms with Gasteiger partial charge in [-0.05, 0) is 11.2 Å². The topological polar surface area (TPSA) is 29.5 Å². The van der Waals surface area contributed by atoms with Gasteiger partial charge in [0.15, 0.2) is 5.12 Å². The minimum absolute atomic E-state index is 0.141. The summed E-state index contributed by atoms with van der Waals surface area (Å²) in [7, 11) is 0. The van der Waals surface area contributed by atoms with Crippen molar-refractivity contribution in [2.75, 3.05) is 44.4 Å². The van der Waals surface area contributed by atoms with E-state index < -0.39 is 0 Å². The normalized spacial score (nSPS) is 18.3. The highest BCUT2D eigenvalue weighted by molar-refractivity contribution is 8.13. The van der Waals surface area contributed by atoms with E-state index in [1.807, 2.05) is 0 Å². The van der Waals surface area contributed by atoms with Crippen molar-refractivity contribution in [3.8, 4) is 0 Å². The number of rotatable bonds is 6. The van der Waals surface area contributed by atoms with Gasteiger partial charge in [-0.15, -0.1) is 0 Å². The van der Waals surface area contributed by atoms with E-state index >= 15 is 0 Å². The van der Waals surface area contributed by atoms with Gasteiger partial charge in [0.1, 0.15) is 0 Å². The number of hydrogen-bond acceptors (Lipinski definition) is 5.